The van der Waals surface area contributed by atoms with E-state index in [4.69, 9.17) is 15.9 Å². The molecule has 0 aliphatic carbocycles. The number of aryl methyl sites for hydroxylation is 1. The highest BCUT2D eigenvalue weighted by atomic mass is 16.4. The van der Waals surface area contributed by atoms with Crippen molar-refractivity contribution in [2.24, 2.45) is 5.73 Å². The lowest BCUT2D eigenvalue weighted by Crippen LogP contribution is -2.45. The van der Waals surface area contributed by atoms with E-state index in [-0.39, 0.29) is 13.0 Å². The van der Waals surface area contributed by atoms with E-state index in [9.17, 15) is 9.59 Å². The number of hydrogen-bond acceptors (Lipinski definition) is 4. The van der Waals surface area contributed by atoms with Gasteiger partial charge in [0.05, 0.1) is 0 Å². The molecule has 0 aromatic heterocycles. The molecule has 2 atom stereocenters. The predicted molar refractivity (Wildman–Crippen MR) is 69.4 cm³/mol. The van der Waals surface area contributed by atoms with Gasteiger partial charge in [-0.25, -0.2) is 4.79 Å². The topological polar surface area (TPSA) is 113 Å². The molecule has 0 aliphatic heterocycles. The molecule has 0 bridgehead atoms. The van der Waals surface area contributed by atoms with E-state index in [1.807, 2.05) is 19.1 Å². The Morgan fingerprint density at radius 1 is 1.32 bits per heavy atom. The van der Waals surface area contributed by atoms with Gasteiger partial charge in [-0.1, -0.05) is 29.8 Å². The fraction of sp³-hybridized carbons (Fsp3) is 0.385. The number of carboxylic acid groups (broad SMARTS) is 1. The fourth-order valence-electron chi connectivity index (χ4n) is 1.57. The van der Waals surface area contributed by atoms with Crippen molar-refractivity contribution in [1.29, 1.82) is 0 Å². The van der Waals surface area contributed by atoms with Crippen LogP contribution in [0.1, 0.15) is 23.6 Å². The molecule has 1 amide bonds. The van der Waals surface area contributed by atoms with Crippen LogP contribution in [-0.4, -0.2) is 34.7 Å². The first kappa shape index (κ1) is 15.1. The maximum absolute atomic E-state index is 11.8. The highest BCUT2D eigenvalue weighted by Gasteiger charge is 2.23. The molecular weight excluding hydrogens is 248 g/mol. The molecule has 0 aliphatic rings. The molecule has 0 radical (unpaired) electrons. The summed E-state index contributed by atoms with van der Waals surface area (Å²) >= 11 is 0. The highest BCUT2D eigenvalue weighted by Crippen LogP contribution is 2.12. The Balaban J connectivity index is 2.71. The second-order valence-electron chi connectivity index (χ2n) is 4.30. The van der Waals surface area contributed by atoms with Crippen molar-refractivity contribution in [2.75, 3.05) is 6.61 Å². The number of amides is 1. The van der Waals surface area contributed by atoms with Crippen molar-refractivity contribution < 1.29 is 19.8 Å². The van der Waals surface area contributed by atoms with Crippen molar-refractivity contribution in [3.63, 3.8) is 0 Å². The third-order valence-corrected chi connectivity index (χ3v) is 2.75. The number of aliphatic carboxylic acids is 1. The van der Waals surface area contributed by atoms with Crippen LogP contribution in [0.2, 0.25) is 0 Å². The first-order valence-corrected chi connectivity index (χ1v) is 5.92. The molecule has 1 aromatic carbocycles. The van der Waals surface area contributed by atoms with Crippen LogP contribution in [-0.2, 0) is 9.59 Å². The molecule has 1 unspecified atom stereocenters. The van der Waals surface area contributed by atoms with Gasteiger partial charge in [0.1, 0.15) is 12.1 Å². The normalized spacial score (nSPS) is 13.6. The Morgan fingerprint density at radius 2 is 1.89 bits per heavy atom. The van der Waals surface area contributed by atoms with E-state index in [1.165, 1.54) is 0 Å². The zero-order chi connectivity index (χ0) is 14.4. The summed E-state index contributed by atoms with van der Waals surface area (Å²) in [7, 11) is 0. The Morgan fingerprint density at radius 3 is 2.37 bits per heavy atom. The van der Waals surface area contributed by atoms with E-state index in [1.54, 1.807) is 12.1 Å². The van der Waals surface area contributed by atoms with Crippen molar-refractivity contribution >= 4 is 11.9 Å². The maximum atomic E-state index is 11.8. The summed E-state index contributed by atoms with van der Waals surface area (Å²) in [6, 6.07) is 5.04. The smallest absolute Gasteiger partial charge is 0.326 e. The minimum Gasteiger partial charge on any atom is -0.480 e. The van der Waals surface area contributed by atoms with Gasteiger partial charge in [-0.15, -0.1) is 0 Å². The predicted octanol–water partition coefficient (Wildman–Crippen LogP) is -0.0534. The number of carboxylic acids is 1. The van der Waals surface area contributed by atoms with Crippen LogP contribution in [0.25, 0.3) is 0 Å². The lowest BCUT2D eigenvalue weighted by Gasteiger charge is -2.17. The van der Waals surface area contributed by atoms with Gasteiger partial charge in [-0.05, 0) is 12.5 Å². The summed E-state index contributed by atoms with van der Waals surface area (Å²) in [6.07, 6.45) is -0.0539. The molecule has 104 valence electrons. The Labute approximate surface area is 111 Å². The van der Waals surface area contributed by atoms with Crippen LogP contribution in [0, 0.1) is 6.92 Å². The summed E-state index contributed by atoms with van der Waals surface area (Å²) in [6.45, 7) is 1.59. The molecule has 6 heteroatoms. The first-order chi connectivity index (χ1) is 8.95. The van der Waals surface area contributed by atoms with E-state index in [2.05, 4.69) is 5.32 Å². The molecule has 19 heavy (non-hydrogen) atoms. The number of hydrogen-bond donors (Lipinski definition) is 4. The van der Waals surface area contributed by atoms with E-state index in [0.29, 0.717) is 5.56 Å². The molecule has 0 heterocycles. The summed E-state index contributed by atoms with van der Waals surface area (Å²) < 4.78 is 0. The van der Waals surface area contributed by atoms with Crippen LogP contribution in [0.5, 0.6) is 0 Å². The van der Waals surface area contributed by atoms with Gasteiger partial charge < -0.3 is 21.3 Å². The monoisotopic (exact) mass is 266 g/mol. The molecule has 1 rings (SSSR count). The van der Waals surface area contributed by atoms with Crippen LogP contribution in [0.3, 0.4) is 0 Å². The van der Waals surface area contributed by atoms with Gasteiger partial charge in [-0.3, -0.25) is 4.79 Å². The van der Waals surface area contributed by atoms with Crippen LogP contribution in [0.15, 0.2) is 24.3 Å². The highest BCUT2D eigenvalue weighted by molar-refractivity contribution is 5.87. The molecule has 5 N–H and O–H groups in total. The number of benzene rings is 1. The summed E-state index contributed by atoms with van der Waals surface area (Å²) in [5.41, 5.74) is 7.42. The lowest BCUT2D eigenvalue weighted by molar-refractivity contribution is -0.142. The minimum atomic E-state index is -1.20. The Kier molecular flexibility index (Phi) is 5.47. The number of aliphatic hydroxyl groups excluding tert-OH is 1. The number of aliphatic hydroxyl groups is 1. The molecule has 0 spiro atoms. The maximum Gasteiger partial charge on any atom is 0.326 e. The van der Waals surface area contributed by atoms with E-state index < -0.39 is 24.0 Å². The standard InChI is InChI=1S/C13H18N2O4/c1-8-2-4-9(5-3-8)11(14)12(17)15-10(6-7-16)13(18)19/h2-5,10-11,16H,6-7,14H2,1H3,(H,15,17)(H,18,19)/t10-,11?/m0/s1. The number of nitrogens with one attached hydrogen (secondary N) is 1. The van der Waals surface area contributed by atoms with Crippen LogP contribution < -0.4 is 11.1 Å². The van der Waals surface area contributed by atoms with Crippen molar-refractivity contribution in [1.82, 2.24) is 5.32 Å². The zero-order valence-electron chi connectivity index (χ0n) is 10.7. The number of carbonyl (C=O) groups excluding carboxylic acids is 1. The summed E-state index contributed by atoms with van der Waals surface area (Å²) in [4.78, 5) is 22.7. The average Bonchev–Trinajstić information content (AvgIpc) is 2.38. The van der Waals surface area contributed by atoms with Gasteiger partial charge in [0.2, 0.25) is 5.91 Å². The first-order valence-electron chi connectivity index (χ1n) is 5.92. The molecular formula is C13H18N2O4. The van der Waals surface area contributed by atoms with Gasteiger partial charge in [0, 0.05) is 13.0 Å². The van der Waals surface area contributed by atoms with Gasteiger partial charge in [-0.2, -0.15) is 0 Å². The number of carbonyl (C=O) groups is 2. The second kappa shape index (κ2) is 6.86. The SMILES string of the molecule is Cc1ccc(C(N)C(=O)N[C@@H](CCO)C(=O)O)cc1. The van der Waals surface area contributed by atoms with E-state index >= 15 is 0 Å². The van der Waals surface area contributed by atoms with Crippen LogP contribution in [0.4, 0.5) is 0 Å². The third kappa shape index (κ3) is 4.35. The average molecular weight is 266 g/mol. The molecule has 6 nitrogen and oxygen atoms in total. The zero-order valence-corrected chi connectivity index (χ0v) is 10.7. The molecule has 1 aromatic rings. The molecule has 0 saturated heterocycles. The number of rotatable bonds is 6. The van der Waals surface area contributed by atoms with E-state index in [0.717, 1.165) is 5.56 Å². The van der Waals surface area contributed by atoms with Crippen LogP contribution >= 0.6 is 0 Å². The quantitative estimate of drug-likeness (QED) is 0.576. The van der Waals surface area contributed by atoms with Gasteiger partial charge >= 0.3 is 5.97 Å². The van der Waals surface area contributed by atoms with Crippen molar-refractivity contribution in [3.8, 4) is 0 Å². The van der Waals surface area contributed by atoms with Gasteiger partial charge in [0.25, 0.3) is 0 Å². The largest absolute Gasteiger partial charge is 0.480 e. The third-order valence-electron chi connectivity index (χ3n) is 2.75. The second-order valence-corrected chi connectivity index (χ2v) is 4.30. The van der Waals surface area contributed by atoms with Gasteiger partial charge in [0.15, 0.2) is 0 Å². The van der Waals surface area contributed by atoms with Crippen molar-refractivity contribution in [2.45, 2.75) is 25.4 Å². The summed E-state index contributed by atoms with van der Waals surface area (Å²) in [5, 5.41) is 19.9. The lowest BCUT2D eigenvalue weighted by atomic mass is 10.0. The fourth-order valence-corrected chi connectivity index (χ4v) is 1.57. The Bertz CT molecular complexity index is 444. The number of nitrogens with two attached hydrogens (primary N) is 1. The van der Waals surface area contributed by atoms with Crippen molar-refractivity contribution in [3.05, 3.63) is 35.4 Å². The minimum absolute atomic E-state index is 0.0539. The molecule has 0 fully saturated rings. The molecule has 0 saturated carbocycles. The Hall–Kier alpha value is -1.92. The summed E-state index contributed by atoms with van der Waals surface area (Å²) in [5.74, 6) is -1.77.